The summed E-state index contributed by atoms with van der Waals surface area (Å²) in [5.74, 6) is 0.369. The smallest absolute Gasteiger partial charge is 0.241 e. The zero-order valence-electron chi connectivity index (χ0n) is 12.1. The van der Waals surface area contributed by atoms with Crippen molar-refractivity contribution in [2.24, 2.45) is 11.7 Å². The van der Waals surface area contributed by atoms with Crippen LogP contribution in [0.25, 0.3) is 0 Å². The van der Waals surface area contributed by atoms with E-state index < -0.39 is 15.6 Å². The molecule has 0 aliphatic carbocycles. The highest BCUT2D eigenvalue weighted by molar-refractivity contribution is 7.89. The normalized spacial score (nSPS) is 15.5. The minimum absolute atomic E-state index is 0.274. The van der Waals surface area contributed by atoms with Crippen molar-refractivity contribution in [1.29, 1.82) is 0 Å². The Balaban J connectivity index is 3.06. The lowest BCUT2D eigenvalue weighted by molar-refractivity contribution is 0.344. The molecule has 108 valence electrons. The monoisotopic (exact) mass is 284 g/mol. The van der Waals surface area contributed by atoms with E-state index in [1.165, 1.54) is 0 Å². The molecule has 1 unspecified atom stereocenters. The Morgan fingerprint density at radius 2 is 1.89 bits per heavy atom. The second-order valence-electron chi connectivity index (χ2n) is 5.73. The molecule has 0 heterocycles. The highest BCUT2D eigenvalue weighted by Crippen LogP contribution is 2.21. The van der Waals surface area contributed by atoms with Crippen LogP contribution in [0.3, 0.4) is 0 Å². The van der Waals surface area contributed by atoms with Gasteiger partial charge in [0.25, 0.3) is 0 Å². The van der Waals surface area contributed by atoms with Crippen molar-refractivity contribution in [2.45, 2.75) is 44.6 Å². The molecule has 0 saturated heterocycles. The lowest BCUT2D eigenvalue weighted by Crippen LogP contribution is -2.52. The molecule has 19 heavy (non-hydrogen) atoms. The second-order valence-corrected chi connectivity index (χ2v) is 7.38. The van der Waals surface area contributed by atoms with Crippen molar-refractivity contribution in [3.63, 3.8) is 0 Å². The number of nitrogens with one attached hydrogen (secondary N) is 1. The molecule has 1 atom stereocenters. The number of rotatable bonds is 6. The Kier molecular flexibility index (Phi) is 5.12. The summed E-state index contributed by atoms with van der Waals surface area (Å²) >= 11 is 0. The van der Waals surface area contributed by atoms with Gasteiger partial charge >= 0.3 is 0 Å². The van der Waals surface area contributed by atoms with E-state index in [0.717, 1.165) is 5.56 Å². The summed E-state index contributed by atoms with van der Waals surface area (Å²) < 4.78 is 27.6. The Hall–Kier alpha value is -0.910. The van der Waals surface area contributed by atoms with Crippen LogP contribution >= 0.6 is 0 Å². The van der Waals surface area contributed by atoms with Gasteiger partial charge in [-0.3, -0.25) is 0 Å². The van der Waals surface area contributed by atoms with Crippen LogP contribution in [0.5, 0.6) is 0 Å². The molecule has 0 aromatic heterocycles. The van der Waals surface area contributed by atoms with Crippen LogP contribution in [-0.4, -0.2) is 20.5 Å². The van der Waals surface area contributed by atoms with Gasteiger partial charge in [-0.25, -0.2) is 13.1 Å². The first-order valence-corrected chi connectivity index (χ1v) is 7.98. The van der Waals surface area contributed by atoms with Crippen LogP contribution in [0.1, 0.15) is 32.8 Å². The Labute approximate surface area is 116 Å². The first-order valence-electron chi connectivity index (χ1n) is 6.50. The summed E-state index contributed by atoms with van der Waals surface area (Å²) in [7, 11) is -3.54. The average molecular weight is 284 g/mol. The Morgan fingerprint density at radius 1 is 1.32 bits per heavy atom. The minimum atomic E-state index is -3.54. The zero-order chi connectivity index (χ0) is 14.7. The van der Waals surface area contributed by atoms with Gasteiger partial charge in [0.2, 0.25) is 10.0 Å². The summed E-state index contributed by atoms with van der Waals surface area (Å²) in [6.45, 7) is 8.02. The summed E-state index contributed by atoms with van der Waals surface area (Å²) in [6.07, 6.45) is 0.703. The standard InChI is InChI=1S/C14H24N2O2S/c1-11(2)9-14(4,10-15)16-19(17,18)13-8-6-5-7-12(13)3/h5-8,11,16H,9-10,15H2,1-4H3. The molecule has 0 radical (unpaired) electrons. The SMILES string of the molecule is Cc1ccccc1S(=O)(=O)NC(C)(CN)CC(C)C. The van der Waals surface area contributed by atoms with Gasteiger partial charge in [0.1, 0.15) is 0 Å². The lowest BCUT2D eigenvalue weighted by atomic mass is 9.92. The molecular formula is C14H24N2O2S. The maximum absolute atomic E-state index is 12.4. The van der Waals surface area contributed by atoms with Crippen LogP contribution in [0, 0.1) is 12.8 Å². The predicted octanol–water partition coefficient (Wildman–Crippen LogP) is 2.04. The van der Waals surface area contributed by atoms with E-state index in [2.05, 4.69) is 18.6 Å². The van der Waals surface area contributed by atoms with Gasteiger partial charge < -0.3 is 5.73 Å². The first kappa shape index (κ1) is 16.1. The topological polar surface area (TPSA) is 72.2 Å². The van der Waals surface area contributed by atoms with Crippen molar-refractivity contribution in [3.05, 3.63) is 29.8 Å². The van der Waals surface area contributed by atoms with Crippen molar-refractivity contribution < 1.29 is 8.42 Å². The fraction of sp³-hybridized carbons (Fsp3) is 0.571. The third-order valence-electron chi connectivity index (χ3n) is 3.07. The van der Waals surface area contributed by atoms with E-state index in [1.807, 2.05) is 13.0 Å². The second kappa shape index (κ2) is 6.03. The van der Waals surface area contributed by atoms with E-state index >= 15 is 0 Å². The van der Waals surface area contributed by atoms with Crippen molar-refractivity contribution in [2.75, 3.05) is 6.54 Å². The quantitative estimate of drug-likeness (QED) is 0.839. The van der Waals surface area contributed by atoms with E-state index in [-0.39, 0.29) is 6.54 Å². The fourth-order valence-corrected chi connectivity index (χ4v) is 3.98. The van der Waals surface area contributed by atoms with Crippen LogP contribution in [-0.2, 0) is 10.0 Å². The molecule has 0 fully saturated rings. The number of aryl methyl sites for hydroxylation is 1. The molecule has 0 amide bonds. The highest BCUT2D eigenvalue weighted by atomic mass is 32.2. The van der Waals surface area contributed by atoms with Gasteiger partial charge in [0.05, 0.1) is 4.90 Å². The highest BCUT2D eigenvalue weighted by Gasteiger charge is 2.30. The molecule has 0 bridgehead atoms. The molecule has 0 saturated carbocycles. The van der Waals surface area contributed by atoms with E-state index in [4.69, 9.17) is 5.73 Å². The van der Waals surface area contributed by atoms with Gasteiger partial charge in [-0.2, -0.15) is 0 Å². The molecule has 1 rings (SSSR count). The van der Waals surface area contributed by atoms with Crippen LogP contribution in [0.2, 0.25) is 0 Å². The van der Waals surface area contributed by atoms with Gasteiger partial charge in [-0.1, -0.05) is 32.0 Å². The third kappa shape index (κ3) is 4.30. The Bertz CT molecular complexity index is 526. The van der Waals surface area contributed by atoms with Gasteiger partial charge in [-0.05, 0) is 37.8 Å². The largest absolute Gasteiger partial charge is 0.329 e. The van der Waals surface area contributed by atoms with Gasteiger partial charge in [-0.15, -0.1) is 0 Å². The molecule has 5 heteroatoms. The molecule has 0 aliphatic rings. The van der Waals surface area contributed by atoms with Crippen LogP contribution in [0.4, 0.5) is 0 Å². The molecule has 4 nitrogen and oxygen atoms in total. The van der Waals surface area contributed by atoms with Crippen molar-refractivity contribution in [1.82, 2.24) is 4.72 Å². The maximum atomic E-state index is 12.4. The van der Waals surface area contributed by atoms with Crippen LogP contribution in [0.15, 0.2) is 29.2 Å². The van der Waals surface area contributed by atoms with Gasteiger partial charge in [0, 0.05) is 12.1 Å². The maximum Gasteiger partial charge on any atom is 0.241 e. The summed E-state index contributed by atoms with van der Waals surface area (Å²) in [5.41, 5.74) is 5.87. The molecule has 0 spiro atoms. The molecular weight excluding hydrogens is 260 g/mol. The van der Waals surface area contributed by atoms with E-state index in [1.54, 1.807) is 25.1 Å². The van der Waals surface area contributed by atoms with Crippen molar-refractivity contribution >= 4 is 10.0 Å². The zero-order valence-corrected chi connectivity index (χ0v) is 12.9. The number of sulfonamides is 1. The molecule has 0 aliphatic heterocycles. The molecule has 3 N–H and O–H groups in total. The van der Waals surface area contributed by atoms with Crippen LogP contribution < -0.4 is 10.5 Å². The number of hydrogen-bond acceptors (Lipinski definition) is 3. The van der Waals surface area contributed by atoms with Gasteiger partial charge in [0.15, 0.2) is 0 Å². The van der Waals surface area contributed by atoms with Crippen molar-refractivity contribution in [3.8, 4) is 0 Å². The lowest BCUT2D eigenvalue weighted by Gasteiger charge is -2.31. The summed E-state index contributed by atoms with van der Waals surface area (Å²) in [4.78, 5) is 0.318. The minimum Gasteiger partial charge on any atom is -0.329 e. The summed E-state index contributed by atoms with van der Waals surface area (Å²) in [5, 5.41) is 0. The van der Waals surface area contributed by atoms with E-state index in [9.17, 15) is 8.42 Å². The number of benzene rings is 1. The Morgan fingerprint density at radius 3 is 2.37 bits per heavy atom. The summed E-state index contributed by atoms with van der Waals surface area (Å²) in [6, 6.07) is 6.95. The first-order chi connectivity index (χ1) is 8.70. The fourth-order valence-electron chi connectivity index (χ4n) is 2.31. The average Bonchev–Trinajstić information content (AvgIpc) is 2.27. The number of nitrogens with two attached hydrogens (primary N) is 1. The predicted molar refractivity (Wildman–Crippen MR) is 78.4 cm³/mol. The molecule has 1 aromatic rings. The van der Waals surface area contributed by atoms with E-state index in [0.29, 0.717) is 17.2 Å². The number of hydrogen-bond donors (Lipinski definition) is 2. The molecule has 1 aromatic carbocycles. The third-order valence-corrected chi connectivity index (χ3v) is 4.87.